The molecule has 5 nitrogen and oxygen atoms in total. The van der Waals surface area contributed by atoms with E-state index in [1.54, 1.807) is 20.2 Å². The number of nitrogens with zero attached hydrogens (tertiary/aromatic N) is 2. The molecule has 0 unspecified atom stereocenters. The van der Waals surface area contributed by atoms with Crippen LogP contribution in [0.1, 0.15) is 12.5 Å². The van der Waals surface area contributed by atoms with Crippen LogP contribution in [0.4, 0.5) is 5.13 Å². The van der Waals surface area contributed by atoms with E-state index >= 15 is 0 Å². The van der Waals surface area contributed by atoms with Crippen molar-refractivity contribution in [1.82, 2.24) is 4.98 Å². The standard InChI is InChI=1S/C20H20N2O3S/c1-4-7-14-10-11-16(17(12-14)24-3)25-13-19(23)22(2)20-21-15-8-5-6-9-18(15)26-20/h4-12H,13H2,1-3H3/b7-4+. The summed E-state index contributed by atoms with van der Waals surface area (Å²) in [6.07, 6.45) is 3.92. The Morgan fingerprint density at radius 3 is 2.77 bits per heavy atom. The van der Waals surface area contributed by atoms with Gasteiger partial charge in [0.1, 0.15) is 0 Å². The lowest BCUT2D eigenvalue weighted by Gasteiger charge is -2.15. The highest BCUT2D eigenvalue weighted by atomic mass is 32.1. The van der Waals surface area contributed by atoms with Gasteiger partial charge in [0, 0.05) is 7.05 Å². The second-order valence-corrected chi connectivity index (χ2v) is 6.62. The third-order valence-corrected chi connectivity index (χ3v) is 4.95. The Labute approximate surface area is 156 Å². The fraction of sp³-hybridized carbons (Fsp3) is 0.200. The van der Waals surface area contributed by atoms with Crippen molar-refractivity contribution in [2.75, 3.05) is 25.7 Å². The predicted octanol–water partition coefficient (Wildman–Crippen LogP) is 4.38. The molecular formula is C20H20N2O3S. The summed E-state index contributed by atoms with van der Waals surface area (Å²) in [5.41, 5.74) is 1.89. The molecule has 0 saturated carbocycles. The van der Waals surface area contributed by atoms with E-state index in [0.717, 1.165) is 15.8 Å². The summed E-state index contributed by atoms with van der Waals surface area (Å²) in [6.45, 7) is 1.86. The van der Waals surface area contributed by atoms with Crippen LogP contribution in [0.3, 0.4) is 0 Å². The topological polar surface area (TPSA) is 51.7 Å². The van der Waals surface area contributed by atoms with Crippen LogP contribution in [0.15, 0.2) is 48.5 Å². The maximum atomic E-state index is 12.5. The van der Waals surface area contributed by atoms with Gasteiger partial charge in [0.15, 0.2) is 23.2 Å². The average molecular weight is 368 g/mol. The van der Waals surface area contributed by atoms with Crippen molar-refractivity contribution in [2.45, 2.75) is 6.92 Å². The quantitative estimate of drug-likeness (QED) is 0.648. The van der Waals surface area contributed by atoms with Gasteiger partial charge in [-0.1, -0.05) is 41.7 Å². The molecular weight excluding hydrogens is 348 g/mol. The molecule has 6 heteroatoms. The van der Waals surface area contributed by atoms with E-state index in [2.05, 4.69) is 4.98 Å². The number of likely N-dealkylation sites (N-methyl/N-ethyl adjacent to an activating group) is 1. The zero-order chi connectivity index (χ0) is 18.5. The summed E-state index contributed by atoms with van der Waals surface area (Å²) < 4.78 is 12.1. The van der Waals surface area contributed by atoms with E-state index in [9.17, 15) is 4.79 Å². The van der Waals surface area contributed by atoms with Crippen LogP contribution in [-0.2, 0) is 4.79 Å². The largest absolute Gasteiger partial charge is 0.493 e. The molecule has 134 valence electrons. The van der Waals surface area contributed by atoms with Gasteiger partial charge in [-0.3, -0.25) is 9.69 Å². The van der Waals surface area contributed by atoms with Crippen LogP contribution in [0.25, 0.3) is 16.3 Å². The molecule has 0 saturated heterocycles. The number of fused-ring (bicyclic) bond motifs is 1. The molecule has 0 radical (unpaired) electrons. The molecule has 0 aliphatic carbocycles. The van der Waals surface area contributed by atoms with Crippen LogP contribution in [-0.4, -0.2) is 31.7 Å². The summed E-state index contributed by atoms with van der Waals surface area (Å²) in [4.78, 5) is 18.5. The van der Waals surface area contributed by atoms with Gasteiger partial charge in [0.25, 0.3) is 5.91 Å². The first-order valence-electron chi connectivity index (χ1n) is 8.18. The van der Waals surface area contributed by atoms with Gasteiger partial charge in [-0.2, -0.15) is 0 Å². The number of thiazole rings is 1. The SMILES string of the molecule is C/C=C/c1ccc(OCC(=O)N(C)c2nc3ccccc3s2)c(OC)c1. The monoisotopic (exact) mass is 368 g/mol. The Hall–Kier alpha value is -2.86. The molecule has 0 atom stereocenters. The first-order valence-corrected chi connectivity index (χ1v) is 8.99. The minimum absolute atomic E-state index is 0.0915. The number of methoxy groups -OCH3 is 1. The van der Waals surface area contributed by atoms with E-state index in [1.165, 1.54) is 16.2 Å². The number of carbonyl (C=O) groups excluding carboxylic acids is 1. The lowest BCUT2D eigenvalue weighted by atomic mass is 10.2. The molecule has 1 heterocycles. The smallest absolute Gasteiger partial charge is 0.266 e. The number of ether oxygens (including phenoxy) is 2. The van der Waals surface area contributed by atoms with Crippen molar-refractivity contribution >= 4 is 38.7 Å². The molecule has 3 aromatic rings. The number of allylic oxidation sites excluding steroid dienone is 1. The van der Waals surface area contributed by atoms with Gasteiger partial charge in [-0.15, -0.1) is 0 Å². The number of anilines is 1. The minimum atomic E-state index is -0.177. The predicted molar refractivity (Wildman–Crippen MR) is 106 cm³/mol. The molecule has 0 N–H and O–H groups in total. The molecule has 0 aliphatic heterocycles. The highest BCUT2D eigenvalue weighted by Gasteiger charge is 2.17. The number of rotatable bonds is 6. The van der Waals surface area contributed by atoms with E-state index < -0.39 is 0 Å². The Kier molecular flexibility index (Phi) is 5.53. The van der Waals surface area contributed by atoms with Gasteiger partial charge in [0.05, 0.1) is 17.3 Å². The number of amides is 1. The number of para-hydroxylation sites is 1. The number of aromatic nitrogens is 1. The van der Waals surface area contributed by atoms with Gasteiger partial charge >= 0.3 is 0 Å². The summed E-state index contributed by atoms with van der Waals surface area (Å²) >= 11 is 1.48. The highest BCUT2D eigenvalue weighted by Crippen LogP contribution is 2.30. The summed E-state index contributed by atoms with van der Waals surface area (Å²) in [6, 6.07) is 13.4. The van der Waals surface area contributed by atoms with Gasteiger partial charge in [-0.25, -0.2) is 4.98 Å². The first kappa shape index (κ1) is 17.9. The maximum absolute atomic E-state index is 12.5. The van der Waals surface area contributed by atoms with Crippen LogP contribution in [0.2, 0.25) is 0 Å². The van der Waals surface area contributed by atoms with E-state index in [-0.39, 0.29) is 12.5 Å². The third kappa shape index (κ3) is 3.86. The van der Waals surface area contributed by atoms with Crippen molar-refractivity contribution in [1.29, 1.82) is 0 Å². The third-order valence-electron chi connectivity index (χ3n) is 3.84. The van der Waals surface area contributed by atoms with Gasteiger partial charge in [0.2, 0.25) is 0 Å². The Morgan fingerprint density at radius 1 is 1.23 bits per heavy atom. The zero-order valence-electron chi connectivity index (χ0n) is 14.9. The Morgan fingerprint density at radius 2 is 2.04 bits per heavy atom. The van der Waals surface area contributed by atoms with Gasteiger partial charge < -0.3 is 9.47 Å². The minimum Gasteiger partial charge on any atom is -0.493 e. The summed E-state index contributed by atoms with van der Waals surface area (Å²) in [5.74, 6) is 0.950. The van der Waals surface area contributed by atoms with Gasteiger partial charge in [-0.05, 0) is 36.8 Å². The van der Waals surface area contributed by atoms with Crippen LogP contribution >= 0.6 is 11.3 Å². The number of hydrogen-bond acceptors (Lipinski definition) is 5. The summed E-state index contributed by atoms with van der Waals surface area (Å²) in [7, 11) is 3.28. The number of hydrogen-bond donors (Lipinski definition) is 0. The highest BCUT2D eigenvalue weighted by molar-refractivity contribution is 7.22. The first-order chi connectivity index (χ1) is 12.6. The van der Waals surface area contributed by atoms with Crippen molar-refractivity contribution in [3.63, 3.8) is 0 Å². The molecule has 1 amide bonds. The number of benzene rings is 2. The summed E-state index contributed by atoms with van der Waals surface area (Å²) in [5, 5.41) is 0.648. The second-order valence-electron chi connectivity index (χ2n) is 5.62. The molecule has 0 bridgehead atoms. The molecule has 0 fully saturated rings. The van der Waals surface area contributed by atoms with Crippen molar-refractivity contribution in [3.05, 3.63) is 54.1 Å². The molecule has 26 heavy (non-hydrogen) atoms. The maximum Gasteiger partial charge on any atom is 0.266 e. The zero-order valence-corrected chi connectivity index (χ0v) is 15.7. The van der Waals surface area contributed by atoms with Crippen LogP contribution in [0, 0.1) is 0 Å². The van der Waals surface area contributed by atoms with Crippen molar-refractivity contribution in [3.8, 4) is 11.5 Å². The average Bonchev–Trinajstić information content (AvgIpc) is 3.10. The Balaban J connectivity index is 1.70. The molecule has 1 aromatic heterocycles. The second kappa shape index (κ2) is 8.01. The molecule has 0 aliphatic rings. The lowest BCUT2D eigenvalue weighted by molar-refractivity contribution is -0.120. The normalized spacial score (nSPS) is 11.0. The van der Waals surface area contributed by atoms with E-state index in [0.29, 0.717) is 16.6 Å². The lowest BCUT2D eigenvalue weighted by Crippen LogP contribution is -2.31. The van der Waals surface area contributed by atoms with E-state index in [1.807, 2.05) is 55.5 Å². The molecule has 0 spiro atoms. The van der Waals surface area contributed by atoms with Crippen molar-refractivity contribution < 1.29 is 14.3 Å². The number of carbonyl (C=O) groups is 1. The molecule has 2 aromatic carbocycles. The fourth-order valence-electron chi connectivity index (χ4n) is 2.45. The fourth-order valence-corrected chi connectivity index (χ4v) is 3.39. The molecule has 3 rings (SSSR count). The van der Waals surface area contributed by atoms with Crippen LogP contribution in [0.5, 0.6) is 11.5 Å². The Bertz CT molecular complexity index is 916. The van der Waals surface area contributed by atoms with Crippen molar-refractivity contribution in [2.24, 2.45) is 0 Å². The van der Waals surface area contributed by atoms with E-state index in [4.69, 9.17) is 9.47 Å². The van der Waals surface area contributed by atoms with Crippen LogP contribution < -0.4 is 14.4 Å².